The Morgan fingerprint density at radius 1 is 1.32 bits per heavy atom. The standard InChI is InChI=1S/C13H17BrF2N2.ClH/c14-11-2-1-10(9-12(11)16)13(3-4-15)18-7-5-17-6-8-18;/h1-2,9,13,17H,3-8H2;1H/t13-;/m0./s1. The average Bonchev–Trinajstić information content (AvgIpc) is 2.40. The number of rotatable bonds is 4. The van der Waals surface area contributed by atoms with E-state index in [2.05, 4.69) is 26.1 Å². The normalized spacial score (nSPS) is 17.8. The molecule has 1 aromatic carbocycles. The van der Waals surface area contributed by atoms with Gasteiger partial charge in [-0.25, -0.2) is 4.39 Å². The van der Waals surface area contributed by atoms with E-state index in [0.29, 0.717) is 10.9 Å². The van der Waals surface area contributed by atoms with E-state index in [1.54, 1.807) is 6.07 Å². The van der Waals surface area contributed by atoms with E-state index in [1.165, 1.54) is 6.07 Å². The number of piperazine rings is 1. The number of nitrogens with one attached hydrogen (secondary N) is 1. The van der Waals surface area contributed by atoms with Gasteiger partial charge < -0.3 is 5.32 Å². The summed E-state index contributed by atoms with van der Waals surface area (Å²) in [7, 11) is 0. The summed E-state index contributed by atoms with van der Waals surface area (Å²) in [5.74, 6) is -0.286. The summed E-state index contributed by atoms with van der Waals surface area (Å²) in [5.41, 5.74) is 0.857. The third kappa shape index (κ3) is 4.38. The van der Waals surface area contributed by atoms with Crippen LogP contribution in [0.3, 0.4) is 0 Å². The van der Waals surface area contributed by atoms with Gasteiger partial charge in [0.05, 0.1) is 11.1 Å². The first-order valence-corrected chi connectivity index (χ1v) is 6.97. The molecule has 1 fully saturated rings. The van der Waals surface area contributed by atoms with Crippen molar-refractivity contribution in [3.8, 4) is 0 Å². The zero-order chi connectivity index (χ0) is 13.0. The van der Waals surface area contributed by atoms with E-state index in [4.69, 9.17) is 0 Å². The van der Waals surface area contributed by atoms with Crippen LogP contribution in [0.15, 0.2) is 22.7 Å². The largest absolute Gasteiger partial charge is 0.314 e. The lowest BCUT2D eigenvalue weighted by molar-refractivity contribution is 0.157. The van der Waals surface area contributed by atoms with Crippen LogP contribution in [-0.4, -0.2) is 37.8 Å². The van der Waals surface area contributed by atoms with Crippen molar-refractivity contribution in [2.24, 2.45) is 0 Å². The molecule has 1 aromatic rings. The highest BCUT2D eigenvalue weighted by Gasteiger charge is 2.22. The Morgan fingerprint density at radius 3 is 2.58 bits per heavy atom. The van der Waals surface area contributed by atoms with Crippen LogP contribution in [0.2, 0.25) is 0 Å². The minimum Gasteiger partial charge on any atom is -0.314 e. The Morgan fingerprint density at radius 2 is 2.00 bits per heavy atom. The van der Waals surface area contributed by atoms with Crippen LogP contribution in [0, 0.1) is 5.82 Å². The lowest BCUT2D eigenvalue weighted by Gasteiger charge is -2.35. The molecule has 1 aliphatic heterocycles. The van der Waals surface area contributed by atoms with Gasteiger partial charge in [0.15, 0.2) is 0 Å². The van der Waals surface area contributed by atoms with E-state index in [9.17, 15) is 8.78 Å². The fraction of sp³-hybridized carbons (Fsp3) is 0.538. The molecule has 108 valence electrons. The van der Waals surface area contributed by atoms with Gasteiger partial charge in [-0.05, 0) is 40.0 Å². The first-order valence-electron chi connectivity index (χ1n) is 6.18. The van der Waals surface area contributed by atoms with Crippen molar-refractivity contribution in [1.82, 2.24) is 10.2 Å². The van der Waals surface area contributed by atoms with Crippen LogP contribution in [0.25, 0.3) is 0 Å². The Hall–Kier alpha value is -0.230. The summed E-state index contributed by atoms with van der Waals surface area (Å²) in [6.45, 7) is 3.18. The summed E-state index contributed by atoms with van der Waals surface area (Å²) in [5, 5.41) is 3.27. The van der Waals surface area contributed by atoms with Crippen LogP contribution in [0.5, 0.6) is 0 Å². The number of hydrogen-bond acceptors (Lipinski definition) is 2. The highest BCUT2D eigenvalue weighted by Crippen LogP contribution is 2.27. The highest BCUT2D eigenvalue weighted by atomic mass is 79.9. The monoisotopic (exact) mass is 354 g/mol. The third-order valence-electron chi connectivity index (χ3n) is 3.30. The number of halogens is 4. The van der Waals surface area contributed by atoms with Crippen LogP contribution >= 0.6 is 28.3 Å². The van der Waals surface area contributed by atoms with Gasteiger partial charge in [-0.2, -0.15) is 0 Å². The van der Waals surface area contributed by atoms with E-state index in [-0.39, 0.29) is 30.9 Å². The lowest BCUT2D eigenvalue weighted by Crippen LogP contribution is -2.45. The number of alkyl halides is 1. The van der Waals surface area contributed by atoms with Crippen molar-refractivity contribution < 1.29 is 8.78 Å². The quantitative estimate of drug-likeness (QED) is 0.891. The summed E-state index contributed by atoms with van der Waals surface area (Å²) in [6, 6.07) is 5.04. The molecule has 0 radical (unpaired) electrons. The third-order valence-corrected chi connectivity index (χ3v) is 3.95. The molecular formula is C13H18BrClF2N2. The van der Waals surface area contributed by atoms with Crippen molar-refractivity contribution in [2.45, 2.75) is 12.5 Å². The zero-order valence-electron chi connectivity index (χ0n) is 10.5. The number of hydrogen-bond donors (Lipinski definition) is 1. The van der Waals surface area contributed by atoms with Crippen LogP contribution < -0.4 is 5.32 Å². The molecule has 1 aliphatic rings. The molecule has 19 heavy (non-hydrogen) atoms. The first kappa shape index (κ1) is 16.8. The molecule has 0 aliphatic carbocycles. The predicted octanol–water partition coefficient (Wildman–Crippen LogP) is 3.32. The van der Waals surface area contributed by atoms with Gasteiger partial charge in [-0.3, -0.25) is 9.29 Å². The predicted molar refractivity (Wildman–Crippen MR) is 79.1 cm³/mol. The molecule has 0 saturated carbocycles. The average molecular weight is 356 g/mol. The van der Waals surface area contributed by atoms with Crippen molar-refractivity contribution in [1.29, 1.82) is 0 Å². The molecular weight excluding hydrogens is 338 g/mol. The fourth-order valence-corrected chi connectivity index (χ4v) is 2.62. The molecule has 2 rings (SSSR count). The Kier molecular flexibility index (Phi) is 7.21. The zero-order valence-corrected chi connectivity index (χ0v) is 12.9. The molecule has 0 aromatic heterocycles. The maximum absolute atomic E-state index is 13.6. The van der Waals surface area contributed by atoms with Gasteiger partial charge in [-0.1, -0.05) is 6.07 Å². The summed E-state index contributed by atoms with van der Waals surface area (Å²) in [4.78, 5) is 2.22. The van der Waals surface area contributed by atoms with Crippen molar-refractivity contribution in [3.63, 3.8) is 0 Å². The maximum atomic E-state index is 13.6. The first-order chi connectivity index (χ1) is 8.72. The molecule has 2 nitrogen and oxygen atoms in total. The maximum Gasteiger partial charge on any atom is 0.137 e. The summed E-state index contributed by atoms with van der Waals surface area (Å²) < 4.78 is 26.7. The van der Waals surface area contributed by atoms with Crippen molar-refractivity contribution in [3.05, 3.63) is 34.1 Å². The van der Waals surface area contributed by atoms with Gasteiger partial charge in [0.2, 0.25) is 0 Å². The molecule has 1 saturated heterocycles. The van der Waals surface area contributed by atoms with Gasteiger partial charge in [0, 0.05) is 32.2 Å². The smallest absolute Gasteiger partial charge is 0.137 e. The highest BCUT2D eigenvalue weighted by molar-refractivity contribution is 9.10. The Bertz CT molecular complexity index is 400. The summed E-state index contributed by atoms with van der Waals surface area (Å²) in [6.07, 6.45) is 0.418. The van der Waals surface area contributed by atoms with E-state index < -0.39 is 0 Å². The van der Waals surface area contributed by atoms with Crippen molar-refractivity contribution >= 4 is 28.3 Å². The Labute approximate surface area is 127 Å². The topological polar surface area (TPSA) is 15.3 Å². The van der Waals surface area contributed by atoms with Gasteiger partial charge in [0.25, 0.3) is 0 Å². The minimum atomic E-state index is -0.383. The SMILES string of the molecule is Cl.FCC[C@@H](c1ccc(Br)c(F)c1)N1CCNCC1. The summed E-state index contributed by atoms with van der Waals surface area (Å²) >= 11 is 3.14. The molecule has 0 bridgehead atoms. The molecule has 1 N–H and O–H groups in total. The van der Waals surface area contributed by atoms with Gasteiger partial charge in [0.1, 0.15) is 5.82 Å². The van der Waals surface area contributed by atoms with Gasteiger partial charge in [-0.15, -0.1) is 12.4 Å². The van der Waals surface area contributed by atoms with Crippen LogP contribution in [0.4, 0.5) is 8.78 Å². The Balaban J connectivity index is 0.00000180. The molecule has 0 amide bonds. The van der Waals surface area contributed by atoms with Gasteiger partial charge >= 0.3 is 0 Å². The second-order valence-corrected chi connectivity index (χ2v) is 5.31. The number of nitrogens with zero attached hydrogens (tertiary/aromatic N) is 1. The number of benzene rings is 1. The molecule has 6 heteroatoms. The minimum absolute atomic E-state index is 0. The second-order valence-electron chi connectivity index (χ2n) is 4.45. The van der Waals surface area contributed by atoms with Crippen LogP contribution in [-0.2, 0) is 0 Å². The molecule has 0 unspecified atom stereocenters. The molecule has 1 atom stereocenters. The molecule has 1 heterocycles. The lowest BCUT2D eigenvalue weighted by atomic mass is 10.0. The van der Waals surface area contributed by atoms with E-state index in [1.807, 2.05) is 6.07 Å². The van der Waals surface area contributed by atoms with Crippen molar-refractivity contribution in [2.75, 3.05) is 32.9 Å². The van der Waals surface area contributed by atoms with E-state index >= 15 is 0 Å². The van der Waals surface area contributed by atoms with E-state index in [0.717, 1.165) is 31.7 Å². The second kappa shape index (κ2) is 8.15. The molecule has 0 spiro atoms. The fourth-order valence-electron chi connectivity index (χ4n) is 2.38. The van der Waals surface area contributed by atoms with Crippen LogP contribution in [0.1, 0.15) is 18.0 Å².